The van der Waals surface area contributed by atoms with Crippen molar-refractivity contribution < 1.29 is 5.11 Å². The van der Waals surface area contributed by atoms with Gasteiger partial charge in [-0.25, -0.2) is 9.67 Å². The van der Waals surface area contributed by atoms with Crippen LogP contribution < -0.4 is 5.32 Å². The van der Waals surface area contributed by atoms with Crippen LogP contribution >= 0.6 is 0 Å². The van der Waals surface area contributed by atoms with Gasteiger partial charge in [-0.3, -0.25) is 0 Å². The highest BCUT2D eigenvalue weighted by atomic mass is 16.3. The minimum atomic E-state index is -0.420. The Labute approximate surface area is 148 Å². The van der Waals surface area contributed by atoms with Crippen LogP contribution in [0.15, 0.2) is 60.9 Å². The molecular weight excluding hydrogens is 312 g/mol. The van der Waals surface area contributed by atoms with Crippen LogP contribution in [0.3, 0.4) is 0 Å². The summed E-state index contributed by atoms with van der Waals surface area (Å²) in [4.78, 5) is 4.34. The predicted octanol–water partition coefficient (Wildman–Crippen LogP) is 2.83. The fourth-order valence-electron chi connectivity index (χ4n) is 2.94. The van der Waals surface area contributed by atoms with Crippen molar-refractivity contribution in [2.75, 3.05) is 6.54 Å². The molecule has 0 aliphatic rings. The molecule has 0 saturated carbocycles. The molecule has 2 heterocycles. The summed E-state index contributed by atoms with van der Waals surface area (Å²) in [6.07, 6.45) is 3.85. The first-order valence-corrected chi connectivity index (χ1v) is 8.56. The van der Waals surface area contributed by atoms with Crippen LogP contribution in [0.5, 0.6) is 0 Å². The van der Waals surface area contributed by atoms with Crippen molar-refractivity contribution in [3.8, 4) is 5.82 Å². The standard InChI is InChI=1S/C20H24N4O/c1-15(22-13-18(25)12-17-8-4-3-5-9-17)19-14-23-24(16(19)2)20-10-6-7-11-21-20/h3-11,14-15,18,22,25H,12-13H2,1-2H3. The molecule has 0 radical (unpaired) electrons. The molecular formula is C20H24N4O. The average Bonchev–Trinajstić information content (AvgIpc) is 3.03. The van der Waals surface area contributed by atoms with E-state index in [2.05, 4.69) is 22.3 Å². The highest BCUT2D eigenvalue weighted by Gasteiger charge is 2.15. The molecule has 5 heteroatoms. The molecule has 0 aliphatic heterocycles. The number of hydrogen-bond donors (Lipinski definition) is 2. The van der Waals surface area contributed by atoms with Gasteiger partial charge in [-0.15, -0.1) is 0 Å². The summed E-state index contributed by atoms with van der Waals surface area (Å²) >= 11 is 0. The van der Waals surface area contributed by atoms with E-state index in [1.807, 2.05) is 66.3 Å². The quantitative estimate of drug-likeness (QED) is 0.696. The van der Waals surface area contributed by atoms with Crippen LogP contribution in [-0.4, -0.2) is 32.5 Å². The van der Waals surface area contributed by atoms with Gasteiger partial charge in [0, 0.05) is 30.0 Å². The van der Waals surface area contributed by atoms with E-state index < -0.39 is 6.10 Å². The number of nitrogens with one attached hydrogen (secondary N) is 1. The van der Waals surface area contributed by atoms with E-state index in [4.69, 9.17) is 0 Å². The van der Waals surface area contributed by atoms with Crippen molar-refractivity contribution in [1.29, 1.82) is 0 Å². The summed E-state index contributed by atoms with van der Waals surface area (Å²) in [5, 5.41) is 18.1. The minimum Gasteiger partial charge on any atom is -0.391 e. The molecule has 1 aromatic carbocycles. The largest absolute Gasteiger partial charge is 0.391 e. The summed E-state index contributed by atoms with van der Waals surface area (Å²) in [7, 11) is 0. The highest BCUT2D eigenvalue weighted by molar-refractivity contribution is 5.29. The SMILES string of the molecule is Cc1c(C(C)NCC(O)Cc2ccccc2)cnn1-c1ccccn1. The number of aliphatic hydroxyl groups is 1. The second-order valence-electron chi connectivity index (χ2n) is 6.26. The van der Waals surface area contributed by atoms with Crippen molar-refractivity contribution >= 4 is 0 Å². The Hall–Kier alpha value is -2.50. The van der Waals surface area contributed by atoms with Crippen LogP contribution in [0.25, 0.3) is 5.82 Å². The Kier molecular flexibility index (Phi) is 5.58. The summed E-state index contributed by atoms with van der Waals surface area (Å²) in [6, 6.07) is 15.9. The summed E-state index contributed by atoms with van der Waals surface area (Å²) in [6.45, 7) is 4.65. The van der Waals surface area contributed by atoms with Crippen LogP contribution in [0.2, 0.25) is 0 Å². The van der Waals surface area contributed by atoms with Crippen LogP contribution in [-0.2, 0) is 6.42 Å². The maximum atomic E-state index is 10.3. The Morgan fingerprint density at radius 1 is 1.12 bits per heavy atom. The molecule has 0 fully saturated rings. The molecule has 2 unspecified atom stereocenters. The van der Waals surface area contributed by atoms with E-state index in [0.29, 0.717) is 13.0 Å². The molecule has 2 N–H and O–H groups in total. The first-order chi connectivity index (χ1) is 12.1. The maximum Gasteiger partial charge on any atom is 0.153 e. The van der Waals surface area contributed by atoms with Crippen molar-refractivity contribution in [2.24, 2.45) is 0 Å². The van der Waals surface area contributed by atoms with Gasteiger partial charge in [0.2, 0.25) is 0 Å². The maximum absolute atomic E-state index is 10.3. The van der Waals surface area contributed by atoms with Crippen LogP contribution in [0.1, 0.15) is 29.8 Å². The Morgan fingerprint density at radius 3 is 2.60 bits per heavy atom. The molecule has 0 saturated heterocycles. The molecule has 25 heavy (non-hydrogen) atoms. The van der Waals surface area contributed by atoms with Crippen LogP contribution in [0, 0.1) is 6.92 Å². The third-order valence-electron chi connectivity index (χ3n) is 4.35. The number of nitrogens with zero attached hydrogens (tertiary/aromatic N) is 3. The third-order valence-corrected chi connectivity index (χ3v) is 4.35. The van der Waals surface area contributed by atoms with E-state index in [0.717, 1.165) is 22.6 Å². The van der Waals surface area contributed by atoms with Gasteiger partial charge >= 0.3 is 0 Å². The molecule has 0 amide bonds. The normalized spacial score (nSPS) is 13.6. The number of aliphatic hydroxyl groups excluding tert-OH is 1. The molecule has 130 valence electrons. The topological polar surface area (TPSA) is 63.0 Å². The zero-order valence-corrected chi connectivity index (χ0v) is 14.6. The molecule has 2 atom stereocenters. The first-order valence-electron chi connectivity index (χ1n) is 8.56. The third kappa shape index (κ3) is 4.32. The van der Waals surface area contributed by atoms with Crippen molar-refractivity contribution in [2.45, 2.75) is 32.4 Å². The molecule has 2 aromatic heterocycles. The summed E-state index contributed by atoms with van der Waals surface area (Å²) in [5.41, 5.74) is 3.30. The molecule has 3 aromatic rings. The lowest BCUT2D eigenvalue weighted by atomic mass is 10.1. The van der Waals surface area contributed by atoms with Gasteiger partial charge in [-0.2, -0.15) is 5.10 Å². The minimum absolute atomic E-state index is 0.0999. The lowest BCUT2D eigenvalue weighted by Crippen LogP contribution is -2.30. The second-order valence-corrected chi connectivity index (χ2v) is 6.26. The monoisotopic (exact) mass is 336 g/mol. The van der Waals surface area contributed by atoms with Gasteiger partial charge in [0.15, 0.2) is 5.82 Å². The molecule has 5 nitrogen and oxygen atoms in total. The number of aromatic nitrogens is 3. The lowest BCUT2D eigenvalue weighted by molar-refractivity contribution is 0.168. The van der Waals surface area contributed by atoms with Crippen molar-refractivity contribution in [3.63, 3.8) is 0 Å². The average molecular weight is 336 g/mol. The van der Waals surface area contributed by atoms with Gasteiger partial charge < -0.3 is 10.4 Å². The van der Waals surface area contributed by atoms with Gasteiger partial charge in [-0.05, 0) is 38.0 Å². The summed E-state index contributed by atoms with van der Waals surface area (Å²) in [5.74, 6) is 0.808. The molecule has 0 bridgehead atoms. The Morgan fingerprint density at radius 2 is 1.88 bits per heavy atom. The van der Waals surface area contributed by atoms with Gasteiger partial charge in [0.05, 0.1) is 12.3 Å². The van der Waals surface area contributed by atoms with Gasteiger partial charge in [0.1, 0.15) is 0 Å². The predicted molar refractivity (Wildman–Crippen MR) is 98.7 cm³/mol. The number of benzene rings is 1. The zero-order valence-electron chi connectivity index (χ0n) is 14.6. The number of hydrogen-bond acceptors (Lipinski definition) is 4. The Balaban J connectivity index is 1.60. The van der Waals surface area contributed by atoms with E-state index in [1.54, 1.807) is 6.20 Å². The van der Waals surface area contributed by atoms with Gasteiger partial charge in [-0.1, -0.05) is 36.4 Å². The first kappa shape index (κ1) is 17.3. The molecule has 0 aliphatic carbocycles. The summed E-state index contributed by atoms with van der Waals surface area (Å²) < 4.78 is 1.84. The lowest BCUT2D eigenvalue weighted by Gasteiger charge is -2.17. The number of rotatable bonds is 7. The molecule has 3 rings (SSSR count). The van der Waals surface area contributed by atoms with E-state index in [9.17, 15) is 5.11 Å². The smallest absolute Gasteiger partial charge is 0.153 e. The van der Waals surface area contributed by atoms with Crippen molar-refractivity contribution in [1.82, 2.24) is 20.1 Å². The van der Waals surface area contributed by atoms with Gasteiger partial charge in [0.25, 0.3) is 0 Å². The molecule has 0 spiro atoms. The number of pyridine rings is 1. The van der Waals surface area contributed by atoms with Crippen LogP contribution in [0.4, 0.5) is 0 Å². The Bertz CT molecular complexity index is 786. The van der Waals surface area contributed by atoms with E-state index >= 15 is 0 Å². The van der Waals surface area contributed by atoms with Crippen molar-refractivity contribution in [3.05, 3.63) is 77.7 Å². The van der Waals surface area contributed by atoms with E-state index in [-0.39, 0.29) is 6.04 Å². The second kappa shape index (κ2) is 8.05. The van der Waals surface area contributed by atoms with E-state index in [1.165, 1.54) is 0 Å². The zero-order chi connectivity index (χ0) is 17.6. The fourth-order valence-corrected chi connectivity index (χ4v) is 2.94. The fraction of sp³-hybridized carbons (Fsp3) is 0.300. The highest BCUT2D eigenvalue weighted by Crippen LogP contribution is 2.19.